The Morgan fingerprint density at radius 2 is 2.46 bits per heavy atom. The highest BCUT2D eigenvalue weighted by molar-refractivity contribution is 6.29. The first kappa shape index (κ1) is 9.88. The van der Waals surface area contributed by atoms with Gasteiger partial charge in [-0.05, 0) is 18.6 Å². The highest BCUT2D eigenvalue weighted by Crippen LogP contribution is 2.11. The number of nitrogens with zero attached hydrogens (tertiary/aromatic N) is 1. The lowest BCUT2D eigenvalue weighted by Crippen LogP contribution is -2.00. The van der Waals surface area contributed by atoms with Gasteiger partial charge in [0.25, 0.3) is 0 Å². The van der Waals surface area contributed by atoms with Gasteiger partial charge in [-0.3, -0.25) is 0 Å². The number of aromatic nitrogens is 1. The number of pyridine rings is 1. The predicted molar refractivity (Wildman–Crippen MR) is 55.8 cm³/mol. The van der Waals surface area contributed by atoms with Crippen LogP contribution < -0.4 is 5.32 Å². The summed E-state index contributed by atoms with van der Waals surface area (Å²) < 4.78 is 0. The minimum atomic E-state index is 0.502. The van der Waals surface area contributed by atoms with Crippen LogP contribution >= 0.6 is 11.6 Å². The molecule has 13 heavy (non-hydrogen) atoms. The second kappa shape index (κ2) is 5.45. The molecule has 0 saturated carbocycles. The number of rotatable bonds is 4. The van der Waals surface area contributed by atoms with E-state index in [4.69, 9.17) is 18.0 Å². The number of anilines is 1. The van der Waals surface area contributed by atoms with Gasteiger partial charge in [0.05, 0.1) is 0 Å². The first-order valence-corrected chi connectivity index (χ1v) is 4.49. The highest BCUT2D eigenvalue weighted by Gasteiger charge is 1.92. The second-order valence-electron chi connectivity index (χ2n) is 2.60. The fourth-order valence-corrected chi connectivity index (χ4v) is 1.11. The number of terminal acetylenes is 1. The lowest BCUT2D eigenvalue weighted by molar-refractivity contribution is 0.907. The maximum absolute atomic E-state index is 5.70. The molecule has 0 spiro atoms. The molecule has 0 bridgehead atoms. The Morgan fingerprint density at radius 1 is 1.62 bits per heavy atom. The first-order chi connectivity index (χ1) is 6.33. The largest absolute Gasteiger partial charge is 0.385 e. The molecule has 0 amide bonds. The van der Waals surface area contributed by atoms with Gasteiger partial charge in [-0.15, -0.1) is 12.3 Å². The summed E-state index contributed by atoms with van der Waals surface area (Å²) in [5.74, 6) is 2.59. The zero-order valence-electron chi connectivity index (χ0n) is 7.26. The van der Waals surface area contributed by atoms with Gasteiger partial charge in [0.15, 0.2) is 0 Å². The lowest BCUT2D eigenvalue weighted by Gasteiger charge is -2.03. The van der Waals surface area contributed by atoms with Gasteiger partial charge in [0.1, 0.15) is 5.15 Å². The quantitative estimate of drug-likeness (QED) is 0.453. The van der Waals surface area contributed by atoms with Crippen molar-refractivity contribution in [3.63, 3.8) is 0 Å². The van der Waals surface area contributed by atoms with Gasteiger partial charge < -0.3 is 5.32 Å². The monoisotopic (exact) mass is 194 g/mol. The molecule has 2 nitrogen and oxygen atoms in total. The molecule has 68 valence electrons. The standard InChI is InChI=1S/C10H11ClN2/c1-2-3-4-6-12-9-5-7-13-10(11)8-9/h1,5,7-8H,3-4,6H2,(H,12,13). The third kappa shape index (κ3) is 3.82. The van der Waals surface area contributed by atoms with Crippen molar-refractivity contribution in [3.05, 3.63) is 23.5 Å². The van der Waals surface area contributed by atoms with Crippen LogP contribution in [0.4, 0.5) is 5.69 Å². The zero-order valence-corrected chi connectivity index (χ0v) is 8.01. The van der Waals surface area contributed by atoms with Crippen molar-refractivity contribution in [2.45, 2.75) is 12.8 Å². The molecule has 0 atom stereocenters. The Labute approximate surface area is 83.3 Å². The smallest absolute Gasteiger partial charge is 0.131 e. The molecule has 0 saturated heterocycles. The summed E-state index contributed by atoms with van der Waals surface area (Å²) in [6.45, 7) is 0.866. The average Bonchev–Trinajstić information content (AvgIpc) is 2.13. The average molecular weight is 195 g/mol. The Kier molecular flexibility index (Phi) is 4.14. The molecule has 1 aromatic heterocycles. The molecule has 1 aromatic rings. The van der Waals surface area contributed by atoms with Gasteiger partial charge in [-0.25, -0.2) is 4.98 Å². The third-order valence-electron chi connectivity index (χ3n) is 1.55. The Balaban J connectivity index is 2.33. The van der Waals surface area contributed by atoms with Gasteiger partial charge in [0.2, 0.25) is 0 Å². The van der Waals surface area contributed by atoms with Crippen molar-refractivity contribution >= 4 is 17.3 Å². The molecular formula is C10H11ClN2. The zero-order chi connectivity index (χ0) is 9.52. The summed E-state index contributed by atoms with van der Waals surface area (Å²) >= 11 is 5.70. The van der Waals surface area contributed by atoms with Gasteiger partial charge >= 0.3 is 0 Å². The van der Waals surface area contributed by atoms with Crippen molar-refractivity contribution in [3.8, 4) is 12.3 Å². The number of hydrogen-bond acceptors (Lipinski definition) is 2. The Bertz CT molecular complexity index is 304. The van der Waals surface area contributed by atoms with Crippen molar-refractivity contribution in [2.24, 2.45) is 0 Å². The molecule has 0 aromatic carbocycles. The van der Waals surface area contributed by atoms with Crippen LogP contribution in [0.1, 0.15) is 12.8 Å². The molecule has 3 heteroatoms. The molecule has 1 rings (SSSR count). The fourth-order valence-electron chi connectivity index (χ4n) is 0.936. The van der Waals surface area contributed by atoms with E-state index in [1.165, 1.54) is 0 Å². The predicted octanol–water partition coefficient (Wildman–Crippen LogP) is 2.56. The molecule has 1 N–H and O–H groups in total. The second-order valence-corrected chi connectivity index (χ2v) is 2.99. The highest BCUT2D eigenvalue weighted by atomic mass is 35.5. The molecule has 0 fully saturated rings. The van der Waals surface area contributed by atoms with E-state index in [-0.39, 0.29) is 0 Å². The van der Waals surface area contributed by atoms with E-state index in [2.05, 4.69) is 16.2 Å². The summed E-state index contributed by atoms with van der Waals surface area (Å²) in [5.41, 5.74) is 0.983. The Hall–Kier alpha value is -1.20. The minimum Gasteiger partial charge on any atom is -0.385 e. The molecule has 1 heterocycles. The van der Waals surface area contributed by atoms with Crippen molar-refractivity contribution in [2.75, 3.05) is 11.9 Å². The number of halogens is 1. The van der Waals surface area contributed by atoms with E-state index in [0.717, 1.165) is 25.1 Å². The molecule has 0 radical (unpaired) electrons. The van der Waals surface area contributed by atoms with Crippen LogP contribution in [0, 0.1) is 12.3 Å². The third-order valence-corrected chi connectivity index (χ3v) is 1.76. The van der Waals surface area contributed by atoms with Crippen LogP contribution in [-0.2, 0) is 0 Å². The first-order valence-electron chi connectivity index (χ1n) is 4.12. The summed E-state index contributed by atoms with van der Waals surface area (Å²) in [7, 11) is 0. The van der Waals surface area contributed by atoms with E-state index in [9.17, 15) is 0 Å². The Morgan fingerprint density at radius 3 is 3.15 bits per heavy atom. The molecule has 0 aliphatic rings. The van der Waals surface area contributed by atoms with E-state index in [1.54, 1.807) is 12.3 Å². The maximum atomic E-state index is 5.70. The minimum absolute atomic E-state index is 0.502. The van der Waals surface area contributed by atoms with Gasteiger partial charge in [0, 0.05) is 24.8 Å². The normalized spacial score (nSPS) is 9.23. The van der Waals surface area contributed by atoms with E-state index >= 15 is 0 Å². The molecule has 0 aliphatic heterocycles. The van der Waals surface area contributed by atoms with Crippen LogP contribution in [0.25, 0.3) is 0 Å². The summed E-state index contributed by atoms with van der Waals surface area (Å²) in [6, 6.07) is 3.67. The van der Waals surface area contributed by atoms with Crippen LogP contribution in [-0.4, -0.2) is 11.5 Å². The van der Waals surface area contributed by atoms with E-state index in [0.29, 0.717) is 5.15 Å². The number of unbranched alkanes of at least 4 members (excludes halogenated alkanes) is 1. The lowest BCUT2D eigenvalue weighted by atomic mass is 10.3. The summed E-state index contributed by atoms with van der Waals surface area (Å²) in [4.78, 5) is 3.88. The number of hydrogen-bond donors (Lipinski definition) is 1. The molecule has 0 aliphatic carbocycles. The fraction of sp³-hybridized carbons (Fsp3) is 0.300. The molecule has 0 unspecified atom stereocenters. The summed E-state index contributed by atoms with van der Waals surface area (Å²) in [6.07, 6.45) is 8.56. The SMILES string of the molecule is C#CCCCNc1ccnc(Cl)c1. The maximum Gasteiger partial charge on any atom is 0.131 e. The van der Waals surface area contributed by atoms with Crippen molar-refractivity contribution in [1.29, 1.82) is 0 Å². The van der Waals surface area contributed by atoms with Crippen molar-refractivity contribution in [1.82, 2.24) is 4.98 Å². The van der Waals surface area contributed by atoms with Crippen LogP contribution in [0.15, 0.2) is 18.3 Å². The topological polar surface area (TPSA) is 24.9 Å². The van der Waals surface area contributed by atoms with E-state index in [1.807, 2.05) is 6.07 Å². The van der Waals surface area contributed by atoms with Gasteiger partial charge in [-0.1, -0.05) is 11.6 Å². The molecular weight excluding hydrogens is 184 g/mol. The van der Waals surface area contributed by atoms with Crippen LogP contribution in [0.2, 0.25) is 5.15 Å². The van der Waals surface area contributed by atoms with Crippen LogP contribution in [0.5, 0.6) is 0 Å². The van der Waals surface area contributed by atoms with Crippen molar-refractivity contribution < 1.29 is 0 Å². The van der Waals surface area contributed by atoms with Crippen LogP contribution in [0.3, 0.4) is 0 Å². The summed E-state index contributed by atoms with van der Waals surface area (Å²) in [5, 5.41) is 3.70. The number of nitrogens with one attached hydrogen (secondary N) is 1. The van der Waals surface area contributed by atoms with E-state index < -0.39 is 0 Å². The van der Waals surface area contributed by atoms with Gasteiger partial charge in [-0.2, -0.15) is 0 Å².